The molecule has 0 saturated heterocycles. The third kappa shape index (κ3) is 4.41. The predicted molar refractivity (Wildman–Crippen MR) is 54.8 cm³/mol. The number of carbonyl (C=O) groups is 1. The molecule has 76 valence electrons. The van der Waals surface area contributed by atoms with Crippen molar-refractivity contribution < 1.29 is 4.79 Å². The monoisotopic (exact) mass is 183 g/mol. The fraction of sp³-hybridized carbons (Fsp3) is 0.909. The van der Waals surface area contributed by atoms with Crippen molar-refractivity contribution in [2.45, 2.75) is 38.5 Å². The number of hydrogen-bond acceptors (Lipinski definition) is 2. The molecule has 0 atom stereocenters. The fourth-order valence-corrected chi connectivity index (χ4v) is 1.98. The quantitative estimate of drug-likeness (QED) is 0.665. The Morgan fingerprint density at radius 3 is 2.46 bits per heavy atom. The van der Waals surface area contributed by atoms with E-state index in [0.29, 0.717) is 5.78 Å². The van der Waals surface area contributed by atoms with E-state index in [1.807, 2.05) is 0 Å². The lowest BCUT2D eigenvalue weighted by atomic mass is 9.85. The number of ketones is 1. The van der Waals surface area contributed by atoms with E-state index in [-0.39, 0.29) is 0 Å². The first-order chi connectivity index (χ1) is 6.18. The van der Waals surface area contributed by atoms with E-state index in [2.05, 4.69) is 19.0 Å². The van der Waals surface area contributed by atoms with Gasteiger partial charge in [-0.05, 0) is 52.2 Å². The van der Waals surface area contributed by atoms with Gasteiger partial charge in [-0.25, -0.2) is 0 Å². The summed E-state index contributed by atoms with van der Waals surface area (Å²) >= 11 is 0. The Hall–Kier alpha value is -0.370. The van der Waals surface area contributed by atoms with E-state index in [9.17, 15) is 4.79 Å². The average Bonchev–Trinajstić information content (AvgIpc) is 2.08. The average molecular weight is 183 g/mol. The highest BCUT2D eigenvalue weighted by atomic mass is 16.1. The molecule has 0 aliphatic heterocycles. The van der Waals surface area contributed by atoms with Gasteiger partial charge in [-0.1, -0.05) is 0 Å². The molecule has 0 unspecified atom stereocenters. The highest BCUT2D eigenvalue weighted by Gasteiger charge is 2.17. The molecule has 0 amide bonds. The summed E-state index contributed by atoms with van der Waals surface area (Å²) in [6, 6.07) is 0. The number of nitrogens with zero attached hydrogens (tertiary/aromatic N) is 1. The second kappa shape index (κ2) is 5.38. The second-order valence-corrected chi connectivity index (χ2v) is 4.43. The zero-order chi connectivity index (χ0) is 9.68. The highest BCUT2D eigenvalue weighted by Crippen LogP contribution is 2.25. The molecule has 0 aromatic carbocycles. The summed E-state index contributed by atoms with van der Waals surface area (Å²) in [6.45, 7) is 1.18. The molecule has 0 heterocycles. The second-order valence-electron chi connectivity index (χ2n) is 4.43. The normalized spacial score (nSPS) is 19.8. The Labute approximate surface area is 81.3 Å². The van der Waals surface area contributed by atoms with Crippen LogP contribution in [0.25, 0.3) is 0 Å². The van der Waals surface area contributed by atoms with Crippen LogP contribution in [0.2, 0.25) is 0 Å². The van der Waals surface area contributed by atoms with Crippen molar-refractivity contribution in [1.29, 1.82) is 0 Å². The molecule has 13 heavy (non-hydrogen) atoms. The first kappa shape index (κ1) is 10.7. The largest absolute Gasteiger partial charge is 0.309 e. The zero-order valence-corrected chi connectivity index (χ0v) is 8.88. The molecule has 1 fully saturated rings. The van der Waals surface area contributed by atoms with Crippen LogP contribution < -0.4 is 0 Å². The highest BCUT2D eigenvalue weighted by molar-refractivity contribution is 5.78. The lowest BCUT2D eigenvalue weighted by molar-refractivity contribution is -0.121. The van der Waals surface area contributed by atoms with E-state index < -0.39 is 0 Å². The smallest absolute Gasteiger partial charge is 0.132 e. The molecular formula is C11H21NO. The topological polar surface area (TPSA) is 20.3 Å². The molecule has 0 aromatic rings. The van der Waals surface area contributed by atoms with E-state index in [1.165, 1.54) is 19.4 Å². The van der Waals surface area contributed by atoms with Crippen molar-refractivity contribution in [3.8, 4) is 0 Å². The molecule has 1 aliphatic rings. The minimum absolute atomic E-state index is 0.476. The molecule has 0 bridgehead atoms. The molecule has 2 heteroatoms. The van der Waals surface area contributed by atoms with Crippen LogP contribution in [-0.2, 0) is 4.79 Å². The van der Waals surface area contributed by atoms with Crippen molar-refractivity contribution in [1.82, 2.24) is 4.90 Å². The maximum Gasteiger partial charge on any atom is 0.132 e. The Morgan fingerprint density at radius 2 is 1.92 bits per heavy atom. The summed E-state index contributed by atoms with van der Waals surface area (Å²) in [5.74, 6) is 1.31. The molecule has 0 N–H and O–H groups in total. The Kier molecular flexibility index (Phi) is 4.43. The van der Waals surface area contributed by atoms with Gasteiger partial charge in [-0.2, -0.15) is 0 Å². The van der Waals surface area contributed by atoms with Gasteiger partial charge in [-0.15, -0.1) is 0 Å². The lowest BCUT2D eigenvalue weighted by Crippen LogP contribution is -2.17. The van der Waals surface area contributed by atoms with E-state index in [0.717, 1.165) is 31.6 Å². The molecule has 0 spiro atoms. The third-order valence-corrected chi connectivity index (χ3v) is 2.88. The lowest BCUT2D eigenvalue weighted by Gasteiger charge is -2.21. The predicted octanol–water partition coefficient (Wildman–Crippen LogP) is 2.09. The van der Waals surface area contributed by atoms with Gasteiger partial charge in [-0.3, -0.25) is 4.79 Å². The van der Waals surface area contributed by atoms with Crippen LogP contribution in [-0.4, -0.2) is 31.3 Å². The summed E-state index contributed by atoms with van der Waals surface area (Å²) in [7, 11) is 4.23. The standard InChI is InChI=1S/C11H21NO/c1-12(2)9-3-4-10-5-7-11(13)8-6-10/h10H,3-9H2,1-2H3. The van der Waals surface area contributed by atoms with Crippen LogP contribution in [0.15, 0.2) is 0 Å². The van der Waals surface area contributed by atoms with Gasteiger partial charge in [0.2, 0.25) is 0 Å². The van der Waals surface area contributed by atoms with Crippen molar-refractivity contribution in [2.24, 2.45) is 5.92 Å². The van der Waals surface area contributed by atoms with Crippen molar-refractivity contribution in [2.75, 3.05) is 20.6 Å². The van der Waals surface area contributed by atoms with Gasteiger partial charge < -0.3 is 4.90 Å². The van der Waals surface area contributed by atoms with Crippen LogP contribution in [0.1, 0.15) is 38.5 Å². The Bertz CT molecular complexity index is 155. The summed E-state index contributed by atoms with van der Waals surface area (Å²) in [6.07, 6.45) is 6.56. The number of Topliss-reactive ketones (excluding diaryl/α,β-unsaturated/α-hetero) is 1. The van der Waals surface area contributed by atoms with E-state index in [1.54, 1.807) is 0 Å². The molecule has 0 aromatic heterocycles. The molecule has 1 aliphatic carbocycles. The first-order valence-electron chi connectivity index (χ1n) is 5.35. The van der Waals surface area contributed by atoms with Crippen LogP contribution >= 0.6 is 0 Å². The number of hydrogen-bond donors (Lipinski definition) is 0. The molecular weight excluding hydrogens is 162 g/mol. The van der Waals surface area contributed by atoms with E-state index in [4.69, 9.17) is 0 Å². The number of carbonyl (C=O) groups excluding carboxylic acids is 1. The Morgan fingerprint density at radius 1 is 1.31 bits per heavy atom. The minimum Gasteiger partial charge on any atom is -0.309 e. The zero-order valence-electron chi connectivity index (χ0n) is 8.88. The van der Waals surface area contributed by atoms with Crippen molar-refractivity contribution in [3.63, 3.8) is 0 Å². The summed E-state index contributed by atoms with van der Waals surface area (Å²) in [4.78, 5) is 13.2. The van der Waals surface area contributed by atoms with Crippen LogP contribution in [0.4, 0.5) is 0 Å². The van der Waals surface area contributed by atoms with Gasteiger partial charge in [0.25, 0.3) is 0 Å². The van der Waals surface area contributed by atoms with Crippen LogP contribution in [0.3, 0.4) is 0 Å². The SMILES string of the molecule is CN(C)CCCC1CCC(=O)CC1. The maximum absolute atomic E-state index is 11.0. The third-order valence-electron chi connectivity index (χ3n) is 2.88. The number of rotatable bonds is 4. The minimum atomic E-state index is 0.476. The van der Waals surface area contributed by atoms with Crippen LogP contribution in [0.5, 0.6) is 0 Å². The van der Waals surface area contributed by atoms with Crippen LogP contribution in [0, 0.1) is 5.92 Å². The molecule has 0 radical (unpaired) electrons. The fourth-order valence-electron chi connectivity index (χ4n) is 1.98. The molecule has 1 saturated carbocycles. The van der Waals surface area contributed by atoms with Gasteiger partial charge in [0.1, 0.15) is 5.78 Å². The van der Waals surface area contributed by atoms with Gasteiger partial charge in [0.15, 0.2) is 0 Å². The van der Waals surface area contributed by atoms with Crippen molar-refractivity contribution >= 4 is 5.78 Å². The van der Waals surface area contributed by atoms with Gasteiger partial charge >= 0.3 is 0 Å². The Balaban J connectivity index is 2.05. The van der Waals surface area contributed by atoms with Crippen molar-refractivity contribution in [3.05, 3.63) is 0 Å². The summed E-state index contributed by atoms with van der Waals surface area (Å²) in [5, 5.41) is 0. The van der Waals surface area contributed by atoms with E-state index >= 15 is 0 Å². The molecule has 1 rings (SSSR count). The van der Waals surface area contributed by atoms with Gasteiger partial charge in [0.05, 0.1) is 0 Å². The molecule has 2 nitrogen and oxygen atoms in total. The summed E-state index contributed by atoms with van der Waals surface area (Å²) in [5.41, 5.74) is 0. The summed E-state index contributed by atoms with van der Waals surface area (Å²) < 4.78 is 0. The first-order valence-corrected chi connectivity index (χ1v) is 5.35. The maximum atomic E-state index is 11.0. The van der Waals surface area contributed by atoms with Gasteiger partial charge in [0, 0.05) is 12.8 Å².